The van der Waals surface area contributed by atoms with Crippen LogP contribution in [-0.2, 0) is 9.53 Å². The first-order valence-electron chi connectivity index (χ1n) is 5.06. The van der Waals surface area contributed by atoms with Crippen molar-refractivity contribution in [3.8, 4) is 0 Å². The van der Waals surface area contributed by atoms with Crippen molar-refractivity contribution in [2.75, 3.05) is 26.3 Å². The molecule has 1 rings (SSSR count). The van der Waals surface area contributed by atoms with E-state index in [1.54, 1.807) is 0 Å². The second-order valence-corrected chi connectivity index (χ2v) is 3.85. The van der Waals surface area contributed by atoms with Crippen LogP contribution in [-0.4, -0.2) is 49.3 Å². The normalized spacial score (nSPS) is 22.2. The molecule has 2 N–H and O–H groups in total. The Kier molecular flexibility index (Phi) is 4.55. The van der Waals surface area contributed by atoms with Crippen LogP contribution >= 0.6 is 0 Å². The number of nitrogens with two attached hydrogens (primary N) is 1. The molecule has 0 saturated carbocycles. The minimum atomic E-state index is -4.39. The van der Waals surface area contributed by atoms with E-state index < -0.39 is 25.3 Å². The molecule has 0 unspecified atom stereocenters. The number of hydrogen-bond donors (Lipinski definition) is 1. The second-order valence-electron chi connectivity index (χ2n) is 3.85. The van der Waals surface area contributed by atoms with Crippen LogP contribution < -0.4 is 5.73 Å². The molecular formula is C9H15F3N2O2. The van der Waals surface area contributed by atoms with Gasteiger partial charge in [-0.3, -0.25) is 4.79 Å². The van der Waals surface area contributed by atoms with Crippen LogP contribution in [0.15, 0.2) is 0 Å². The maximum absolute atomic E-state index is 11.7. The maximum Gasteiger partial charge on any atom is 0.411 e. The van der Waals surface area contributed by atoms with Gasteiger partial charge < -0.3 is 15.4 Å². The van der Waals surface area contributed by atoms with Crippen molar-refractivity contribution in [3.63, 3.8) is 0 Å². The summed E-state index contributed by atoms with van der Waals surface area (Å²) in [5.41, 5.74) is 5.65. The van der Waals surface area contributed by atoms with Gasteiger partial charge in [0, 0.05) is 19.1 Å². The van der Waals surface area contributed by atoms with Crippen LogP contribution in [0.5, 0.6) is 0 Å². The summed E-state index contributed by atoms with van der Waals surface area (Å²) < 4.78 is 39.5. The van der Waals surface area contributed by atoms with Gasteiger partial charge in [0.25, 0.3) is 0 Å². The Morgan fingerprint density at radius 2 is 2.19 bits per heavy atom. The minimum Gasteiger partial charge on any atom is -0.362 e. The lowest BCUT2D eigenvalue weighted by Crippen LogP contribution is -2.47. The zero-order valence-corrected chi connectivity index (χ0v) is 8.79. The number of likely N-dealkylation sites (tertiary alicyclic amines) is 1. The highest BCUT2D eigenvalue weighted by atomic mass is 19.4. The van der Waals surface area contributed by atoms with E-state index in [9.17, 15) is 18.0 Å². The van der Waals surface area contributed by atoms with Crippen molar-refractivity contribution in [1.82, 2.24) is 4.90 Å². The summed E-state index contributed by atoms with van der Waals surface area (Å²) >= 11 is 0. The summed E-state index contributed by atoms with van der Waals surface area (Å²) in [5, 5.41) is 0. The van der Waals surface area contributed by atoms with Crippen molar-refractivity contribution in [2.45, 2.75) is 25.1 Å². The summed E-state index contributed by atoms with van der Waals surface area (Å²) in [4.78, 5) is 12.9. The molecule has 94 valence electrons. The first kappa shape index (κ1) is 13.2. The molecule has 1 atom stereocenters. The molecule has 0 aliphatic carbocycles. The van der Waals surface area contributed by atoms with Crippen LogP contribution in [0, 0.1) is 0 Å². The molecule has 0 bridgehead atoms. The number of piperidine rings is 1. The molecule has 0 spiro atoms. The SMILES string of the molecule is N[C@@H]1CCCN(C(=O)COCC(F)(F)F)C1. The Bertz CT molecular complexity index is 245. The van der Waals surface area contributed by atoms with Crippen molar-refractivity contribution in [3.05, 3.63) is 0 Å². The van der Waals surface area contributed by atoms with Crippen LogP contribution in [0.3, 0.4) is 0 Å². The molecule has 0 aromatic rings. The van der Waals surface area contributed by atoms with Crippen molar-refractivity contribution in [1.29, 1.82) is 0 Å². The Balaban J connectivity index is 2.24. The van der Waals surface area contributed by atoms with E-state index in [0.717, 1.165) is 12.8 Å². The third-order valence-electron chi connectivity index (χ3n) is 2.30. The zero-order chi connectivity index (χ0) is 12.2. The van der Waals surface area contributed by atoms with Gasteiger partial charge in [-0.15, -0.1) is 0 Å². The third kappa shape index (κ3) is 4.80. The zero-order valence-electron chi connectivity index (χ0n) is 8.79. The predicted octanol–water partition coefficient (Wildman–Crippen LogP) is 0.515. The van der Waals surface area contributed by atoms with E-state index in [4.69, 9.17) is 5.73 Å². The fourth-order valence-electron chi connectivity index (χ4n) is 1.58. The maximum atomic E-state index is 11.7. The molecule has 0 aromatic carbocycles. The first-order valence-corrected chi connectivity index (χ1v) is 5.06. The van der Waals surface area contributed by atoms with Crippen molar-refractivity contribution < 1.29 is 22.7 Å². The largest absolute Gasteiger partial charge is 0.411 e. The number of carbonyl (C=O) groups excluding carboxylic acids is 1. The quantitative estimate of drug-likeness (QED) is 0.782. The smallest absolute Gasteiger partial charge is 0.362 e. The van der Waals surface area contributed by atoms with Crippen LogP contribution in [0.4, 0.5) is 13.2 Å². The summed E-state index contributed by atoms with van der Waals surface area (Å²) in [6.07, 6.45) is -2.77. The van der Waals surface area contributed by atoms with E-state index in [1.165, 1.54) is 4.90 Å². The van der Waals surface area contributed by atoms with Gasteiger partial charge in [0.15, 0.2) is 0 Å². The molecule has 4 nitrogen and oxygen atoms in total. The molecule has 1 amide bonds. The van der Waals surface area contributed by atoms with Crippen LogP contribution in [0.2, 0.25) is 0 Å². The average molecular weight is 240 g/mol. The number of carbonyl (C=O) groups is 1. The van der Waals surface area contributed by atoms with Gasteiger partial charge in [-0.05, 0) is 12.8 Å². The number of halogens is 3. The van der Waals surface area contributed by atoms with Gasteiger partial charge in [0.2, 0.25) is 5.91 Å². The standard InChI is InChI=1S/C9H15F3N2O2/c10-9(11,12)6-16-5-8(15)14-3-1-2-7(13)4-14/h7H,1-6,13H2/t7-/m1/s1. The van der Waals surface area contributed by atoms with Crippen LogP contribution in [0.25, 0.3) is 0 Å². The highest BCUT2D eigenvalue weighted by Crippen LogP contribution is 2.14. The van der Waals surface area contributed by atoms with Gasteiger partial charge in [-0.25, -0.2) is 0 Å². The van der Waals surface area contributed by atoms with E-state index in [0.29, 0.717) is 13.1 Å². The van der Waals surface area contributed by atoms with E-state index in [1.807, 2.05) is 0 Å². The fourth-order valence-corrected chi connectivity index (χ4v) is 1.58. The number of rotatable bonds is 3. The Morgan fingerprint density at radius 3 is 2.75 bits per heavy atom. The topological polar surface area (TPSA) is 55.6 Å². The third-order valence-corrected chi connectivity index (χ3v) is 2.30. The van der Waals surface area contributed by atoms with E-state index >= 15 is 0 Å². The highest BCUT2D eigenvalue weighted by molar-refractivity contribution is 5.77. The van der Waals surface area contributed by atoms with E-state index in [2.05, 4.69) is 4.74 Å². The van der Waals surface area contributed by atoms with Crippen LogP contribution in [0.1, 0.15) is 12.8 Å². The Hall–Kier alpha value is -0.820. The number of hydrogen-bond acceptors (Lipinski definition) is 3. The molecule has 1 saturated heterocycles. The highest BCUT2D eigenvalue weighted by Gasteiger charge is 2.28. The summed E-state index contributed by atoms with van der Waals surface area (Å²) in [7, 11) is 0. The Morgan fingerprint density at radius 1 is 1.50 bits per heavy atom. The van der Waals surface area contributed by atoms with Crippen molar-refractivity contribution in [2.24, 2.45) is 5.73 Å². The molecule has 7 heteroatoms. The predicted molar refractivity (Wildman–Crippen MR) is 50.7 cm³/mol. The summed E-state index contributed by atoms with van der Waals surface area (Å²) in [5.74, 6) is -0.431. The van der Waals surface area contributed by atoms with E-state index in [-0.39, 0.29) is 6.04 Å². The lowest BCUT2D eigenvalue weighted by atomic mass is 10.1. The summed E-state index contributed by atoms with van der Waals surface area (Å²) in [6, 6.07) is -0.0830. The van der Waals surface area contributed by atoms with Gasteiger partial charge >= 0.3 is 6.18 Å². The number of alkyl halides is 3. The molecule has 16 heavy (non-hydrogen) atoms. The molecule has 1 heterocycles. The number of ether oxygens (including phenoxy) is 1. The van der Waals surface area contributed by atoms with Gasteiger partial charge in [-0.2, -0.15) is 13.2 Å². The number of amides is 1. The molecule has 1 fully saturated rings. The molecule has 1 aliphatic heterocycles. The second kappa shape index (κ2) is 5.49. The van der Waals surface area contributed by atoms with Gasteiger partial charge in [0.1, 0.15) is 13.2 Å². The number of nitrogens with zero attached hydrogens (tertiary/aromatic N) is 1. The van der Waals surface area contributed by atoms with Crippen molar-refractivity contribution >= 4 is 5.91 Å². The molecule has 1 aliphatic rings. The minimum absolute atomic E-state index is 0.0830. The molecular weight excluding hydrogens is 225 g/mol. The summed E-state index contributed by atoms with van der Waals surface area (Å²) in [6.45, 7) is -0.985. The fraction of sp³-hybridized carbons (Fsp3) is 0.889. The molecule has 0 aromatic heterocycles. The van der Waals surface area contributed by atoms with Gasteiger partial charge in [0.05, 0.1) is 0 Å². The average Bonchev–Trinajstić information content (AvgIpc) is 2.15. The monoisotopic (exact) mass is 240 g/mol. The first-order chi connectivity index (χ1) is 7.38. The Labute approximate surface area is 91.5 Å². The van der Waals surface area contributed by atoms with Gasteiger partial charge in [-0.1, -0.05) is 0 Å². The molecule has 0 radical (unpaired) electrons. The lowest BCUT2D eigenvalue weighted by Gasteiger charge is -2.30. The lowest BCUT2D eigenvalue weighted by molar-refractivity contribution is -0.178.